The molecule has 1 saturated heterocycles. The van der Waals surface area contributed by atoms with Crippen LogP contribution in [0.3, 0.4) is 0 Å². The Hall–Kier alpha value is -1.01. The Morgan fingerprint density at radius 2 is 2.05 bits per heavy atom. The molecule has 0 atom stereocenters. The van der Waals surface area contributed by atoms with Crippen molar-refractivity contribution >= 4 is 23.4 Å². The van der Waals surface area contributed by atoms with Crippen LogP contribution in [0.25, 0.3) is 0 Å². The number of hydrazine groups is 1. The van der Waals surface area contributed by atoms with Crippen molar-refractivity contribution in [2.45, 2.75) is 50.7 Å². The number of hydrogen-bond donors (Lipinski definition) is 2. The molecule has 0 radical (unpaired) electrons. The lowest BCUT2D eigenvalue weighted by atomic mass is 10.1. The molecule has 1 aliphatic carbocycles. The van der Waals surface area contributed by atoms with Crippen molar-refractivity contribution in [3.63, 3.8) is 0 Å². The summed E-state index contributed by atoms with van der Waals surface area (Å²) in [5.74, 6) is 10.1. The predicted molar refractivity (Wildman–Crippen MR) is 89.9 cm³/mol. The average molecular weight is 307 g/mol. The fourth-order valence-electron chi connectivity index (χ4n) is 2.73. The Morgan fingerprint density at radius 3 is 2.71 bits per heavy atom. The van der Waals surface area contributed by atoms with Crippen molar-refractivity contribution in [3.05, 3.63) is 11.4 Å². The number of nitrogens with two attached hydrogens (primary N) is 1. The van der Waals surface area contributed by atoms with Gasteiger partial charge in [-0.15, -0.1) is 0 Å². The second kappa shape index (κ2) is 5.65. The molecule has 0 aromatic carbocycles. The Bertz CT molecular complexity index is 527. The van der Waals surface area contributed by atoms with E-state index in [-0.39, 0.29) is 0 Å². The molecule has 116 valence electrons. The first kappa shape index (κ1) is 14.9. The molecule has 2 heterocycles. The van der Waals surface area contributed by atoms with Crippen LogP contribution in [-0.4, -0.2) is 33.6 Å². The maximum atomic E-state index is 5.65. The van der Waals surface area contributed by atoms with E-state index in [0.29, 0.717) is 10.7 Å². The molecule has 21 heavy (non-hydrogen) atoms. The number of nitrogens with one attached hydrogen (secondary N) is 1. The smallest absolute Gasteiger partial charge is 0.148 e. The zero-order chi connectivity index (χ0) is 15.0. The topological polar surface area (TPSA) is 67.1 Å². The minimum Gasteiger partial charge on any atom is -0.355 e. The molecule has 1 saturated carbocycles. The predicted octanol–water partition coefficient (Wildman–Crippen LogP) is 2.67. The summed E-state index contributed by atoms with van der Waals surface area (Å²) in [6.07, 6.45) is 3.58. The zero-order valence-electron chi connectivity index (χ0n) is 13.1. The van der Waals surface area contributed by atoms with E-state index in [2.05, 4.69) is 47.8 Å². The fraction of sp³-hybridized carbons (Fsp3) is 0.733. The van der Waals surface area contributed by atoms with Crippen molar-refractivity contribution in [2.24, 2.45) is 5.84 Å². The zero-order valence-corrected chi connectivity index (χ0v) is 14.0. The Labute approximate surface area is 131 Å². The van der Waals surface area contributed by atoms with E-state index in [9.17, 15) is 0 Å². The molecule has 6 heteroatoms. The molecule has 1 aliphatic heterocycles. The van der Waals surface area contributed by atoms with Gasteiger partial charge in [0.1, 0.15) is 17.5 Å². The van der Waals surface area contributed by atoms with Gasteiger partial charge in [-0.25, -0.2) is 15.8 Å². The highest BCUT2D eigenvalue weighted by atomic mass is 32.2. The maximum Gasteiger partial charge on any atom is 0.148 e. The van der Waals surface area contributed by atoms with Crippen LogP contribution in [0.2, 0.25) is 0 Å². The van der Waals surface area contributed by atoms with Crippen LogP contribution in [0.4, 0.5) is 11.6 Å². The lowest BCUT2D eigenvalue weighted by Gasteiger charge is -2.25. The third-order valence-electron chi connectivity index (χ3n) is 4.35. The van der Waals surface area contributed by atoms with Crippen LogP contribution in [-0.2, 0) is 0 Å². The summed E-state index contributed by atoms with van der Waals surface area (Å²) in [6.45, 7) is 8.81. The van der Waals surface area contributed by atoms with E-state index < -0.39 is 0 Å². The normalized spacial score (nSPS) is 22.0. The van der Waals surface area contributed by atoms with Gasteiger partial charge in [0.05, 0.1) is 0 Å². The first-order chi connectivity index (χ1) is 10.00. The molecule has 2 aliphatic rings. The molecule has 1 aromatic rings. The largest absolute Gasteiger partial charge is 0.355 e. The summed E-state index contributed by atoms with van der Waals surface area (Å²) in [5, 5.41) is 0. The lowest BCUT2D eigenvalue weighted by molar-refractivity contribution is 0.633. The van der Waals surface area contributed by atoms with Gasteiger partial charge >= 0.3 is 0 Å². The second-order valence-electron chi connectivity index (χ2n) is 6.64. The van der Waals surface area contributed by atoms with Gasteiger partial charge in [0, 0.05) is 35.1 Å². The van der Waals surface area contributed by atoms with Crippen LogP contribution in [0.1, 0.15) is 50.4 Å². The third-order valence-corrected chi connectivity index (χ3v) is 5.73. The van der Waals surface area contributed by atoms with Gasteiger partial charge in [0.15, 0.2) is 0 Å². The van der Waals surface area contributed by atoms with Gasteiger partial charge in [-0.1, -0.05) is 13.8 Å². The SMILES string of the molecule is Cc1c(NN)nc(C2CC2)nc1N1CCSC(C)(C)CC1. The molecule has 5 nitrogen and oxygen atoms in total. The molecule has 3 rings (SSSR count). The van der Waals surface area contributed by atoms with Gasteiger partial charge in [-0.05, 0) is 26.2 Å². The van der Waals surface area contributed by atoms with Crippen molar-refractivity contribution in [1.82, 2.24) is 9.97 Å². The number of hydrogen-bond acceptors (Lipinski definition) is 6. The molecule has 3 N–H and O–H groups in total. The van der Waals surface area contributed by atoms with Gasteiger partial charge in [0.25, 0.3) is 0 Å². The number of nitrogens with zero attached hydrogens (tertiary/aromatic N) is 3. The number of rotatable bonds is 3. The first-order valence-corrected chi connectivity index (χ1v) is 8.73. The van der Waals surface area contributed by atoms with Crippen LogP contribution in [0.5, 0.6) is 0 Å². The summed E-state index contributed by atoms with van der Waals surface area (Å²) in [6, 6.07) is 0. The van der Waals surface area contributed by atoms with E-state index in [1.165, 1.54) is 19.3 Å². The van der Waals surface area contributed by atoms with Gasteiger partial charge in [-0.3, -0.25) is 0 Å². The molecular weight excluding hydrogens is 282 g/mol. The molecule has 0 unspecified atom stereocenters. The maximum absolute atomic E-state index is 5.65. The molecule has 0 amide bonds. The van der Waals surface area contributed by atoms with E-state index in [1.54, 1.807) is 0 Å². The molecule has 0 spiro atoms. The first-order valence-electron chi connectivity index (χ1n) is 7.74. The highest BCUT2D eigenvalue weighted by Crippen LogP contribution is 2.40. The summed E-state index contributed by atoms with van der Waals surface area (Å²) >= 11 is 2.05. The minimum atomic E-state index is 0.351. The summed E-state index contributed by atoms with van der Waals surface area (Å²) in [7, 11) is 0. The van der Waals surface area contributed by atoms with Gasteiger partial charge < -0.3 is 10.3 Å². The number of anilines is 2. The van der Waals surface area contributed by atoms with E-state index in [0.717, 1.165) is 41.9 Å². The Kier molecular flexibility index (Phi) is 4.01. The summed E-state index contributed by atoms with van der Waals surface area (Å²) < 4.78 is 0.351. The van der Waals surface area contributed by atoms with E-state index in [1.807, 2.05) is 0 Å². The molecule has 1 aromatic heterocycles. The van der Waals surface area contributed by atoms with Crippen LogP contribution < -0.4 is 16.2 Å². The number of nitrogen functional groups attached to an aromatic ring is 1. The van der Waals surface area contributed by atoms with Crippen LogP contribution in [0, 0.1) is 6.92 Å². The summed E-state index contributed by atoms with van der Waals surface area (Å²) in [4.78, 5) is 11.9. The monoisotopic (exact) mass is 307 g/mol. The van der Waals surface area contributed by atoms with Crippen molar-refractivity contribution in [3.8, 4) is 0 Å². The van der Waals surface area contributed by atoms with Gasteiger partial charge in [-0.2, -0.15) is 11.8 Å². The van der Waals surface area contributed by atoms with Crippen molar-refractivity contribution in [1.29, 1.82) is 0 Å². The quantitative estimate of drug-likeness (QED) is 0.661. The fourth-order valence-corrected chi connectivity index (χ4v) is 3.83. The van der Waals surface area contributed by atoms with Crippen LogP contribution in [0.15, 0.2) is 0 Å². The minimum absolute atomic E-state index is 0.351. The van der Waals surface area contributed by atoms with Gasteiger partial charge in [0.2, 0.25) is 0 Å². The third kappa shape index (κ3) is 3.26. The van der Waals surface area contributed by atoms with Crippen LogP contribution >= 0.6 is 11.8 Å². The summed E-state index contributed by atoms with van der Waals surface area (Å²) in [5.41, 5.74) is 3.81. The number of aromatic nitrogens is 2. The molecule has 2 fully saturated rings. The molecular formula is C15H25N5S. The second-order valence-corrected chi connectivity index (χ2v) is 8.44. The van der Waals surface area contributed by atoms with Crippen molar-refractivity contribution in [2.75, 3.05) is 29.2 Å². The number of thioether (sulfide) groups is 1. The Morgan fingerprint density at radius 1 is 1.29 bits per heavy atom. The highest BCUT2D eigenvalue weighted by molar-refractivity contribution is 8.00. The molecule has 0 bridgehead atoms. The standard InChI is InChI=1S/C15H25N5S/c1-10-12(19-16)17-13(11-4-5-11)18-14(10)20-7-6-15(2,3)21-9-8-20/h11H,4-9,16H2,1-3H3,(H,17,18,19). The highest BCUT2D eigenvalue weighted by Gasteiger charge is 2.30. The lowest BCUT2D eigenvalue weighted by Crippen LogP contribution is -2.29. The van der Waals surface area contributed by atoms with Crippen molar-refractivity contribution < 1.29 is 0 Å². The van der Waals surface area contributed by atoms with E-state index >= 15 is 0 Å². The Balaban J connectivity index is 1.91. The van der Waals surface area contributed by atoms with E-state index in [4.69, 9.17) is 10.8 Å². The average Bonchev–Trinajstić information content (AvgIpc) is 3.27.